The second-order valence-corrected chi connectivity index (χ2v) is 10.5. The Labute approximate surface area is 176 Å². The number of H-pyrrole nitrogens is 1. The fourth-order valence-electron chi connectivity index (χ4n) is 7.57. The summed E-state index contributed by atoms with van der Waals surface area (Å²) in [6.45, 7) is 4.62. The van der Waals surface area contributed by atoms with Crippen LogP contribution in [0.1, 0.15) is 58.2 Å². The first-order valence-electron chi connectivity index (χ1n) is 11.4. The van der Waals surface area contributed by atoms with E-state index in [1.54, 1.807) is 6.08 Å². The Morgan fingerprint density at radius 3 is 2.80 bits per heavy atom. The monoisotopic (exact) mass is 404 g/mol. The molecule has 4 aliphatic rings. The first kappa shape index (κ1) is 18.5. The Balaban J connectivity index is 1.36. The number of alkyl halides is 1. The number of fused-ring (bicyclic) bond motifs is 6. The van der Waals surface area contributed by atoms with Gasteiger partial charge in [0.2, 0.25) is 0 Å². The summed E-state index contributed by atoms with van der Waals surface area (Å²) >= 11 is 0. The van der Waals surface area contributed by atoms with E-state index in [0.29, 0.717) is 30.6 Å². The van der Waals surface area contributed by atoms with Crippen LogP contribution in [0.25, 0.3) is 16.6 Å². The van der Waals surface area contributed by atoms with Crippen molar-refractivity contribution in [1.29, 1.82) is 0 Å². The van der Waals surface area contributed by atoms with E-state index < -0.39 is 6.17 Å². The summed E-state index contributed by atoms with van der Waals surface area (Å²) in [7, 11) is 0. The number of imidazole rings is 1. The van der Waals surface area contributed by atoms with Gasteiger partial charge in [-0.05, 0) is 90.0 Å². The maximum atomic E-state index is 15.4. The molecule has 2 fully saturated rings. The van der Waals surface area contributed by atoms with Gasteiger partial charge in [-0.25, -0.2) is 9.37 Å². The molecule has 1 aromatic carbocycles. The molecule has 6 atom stereocenters. The molecule has 3 nitrogen and oxygen atoms in total. The van der Waals surface area contributed by atoms with Crippen LogP contribution < -0.4 is 0 Å². The zero-order chi connectivity index (χ0) is 20.7. The van der Waals surface area contributed by atoms with Gasteiger partial charge >= 0.3 is 0 Å². The van der Waals surface area contributed by atoms with Crippen LogP contribution in [0.3, 0.4) is 0 Å². The number of carbonyl (C=O) groups is 1. The van der Waals surface area contributed by atoms with E-state index in [0.717, 1.165) is 48.1 Å². The first-order valence-corrected chi connectivity index (χ1v) is 11.4. The smallest absolute Gasteiger partial charge is 0.155 e. The van der Waals surface area contributed by atoms with E-state index in [-0.39, 0.29) is 16.6 Å². The largest absolute Gasteiger partial charge is 0.338 e. The maximum absolute atomic E-state index is 15.4. The van der Waals surface area contributed by atoms with Gasteiger partial charge in [-0.1, -0.05) is 32.1 Å². The van der Waals surface area contributed by atoms with Crippen molar-refractivity contribution in [2.45, 2.75) is 58.5 Å². The summed E-state index contributed by atoms with van der Waals surface area (Å²) in [6.07, 6.45) is 8.22. The van der Waals surface area contributed by atoms with E-state index in [1.165, 1.54) is 5.57 Å². The van der Waals surface area contributed by atoms with Gasteiger partial charge in [0.25, 0.3) is 0 Å². The predicted molar refractivity (Wildman–Crippen MR) is 116 cm³/mol. The highest BCUT2D eigenvalue weighted by Gasteiger charge is 2.59. The quantitative estimate of drug-likeness (QED) is 0.630. The van der Waals surface area contributed by atoms with Crippen molar-refractivity contribution in [3.63, 3.8) is 0 Å². The van der Waals surface area contributed by atoms with Gasteiger partial charge in [0.15, 0.2) is 5.78 Å². The number of rotatable bonds is 1. The van der Waals surface area contributed by atoms with Gasteiger partial charge in [0.1, 0.15) is 12.0 Å². The first-order chi connectivity index (χ1) is 14.4. The van der Waals surface area contributed by atoms with Gasteiger partial charge in [0, 0.05) is 6.42 Å². The molecule has 1 aromatic heterocycles. The zero-order valence-corrected chi connectivity index (χ0v) is 17.7. The molecule has 0 radical (unpaired) electrons. The van der Waals surface area contributed by atoms with Crippen molar-refractivity contribution in [2.75, 3.05) is 0 Å². The number of aromatic amines is 1. The van der Waals surface area contributed by atoms with E-state index in [4.69, 9.17) is 4.98 Å². The summed E-state index contributed by atoms with van der Waals surface area (Å²) in [5, 5.41) is 0. The van der Waals surface area contributed by atoms with Crippen LogP contribution in [0.15, 0.2) is 42.0 Å². The minimum absolute atomic E-state index is 0.0385. The van der Waals surface area contributed by atoms with E-state index >= 15 is 4.39 Å². The molecular weight excluding hydrogens is 375 g/mol. The maximum Gasteiger partial charge on any atom is 0.155 e. The highest BCUT2D eigenvalue weighted by molar-refractivity contribution is 5.92. The van der Waals surface area contributed by atoms with Crippen molar-refractivity contribution in [3.05, 3.63) is 47.8 Å². The van der Waals surface area contributed by atoms with Crippen molar-refractivity contribution in [2.24, 2.45) is 28.6 Å². The van der Waals surface area contributed by atoms with Crippen LogP contribution in [-0.2, 0) is 4.79 Å². The predicted octanol–water partition coefficient (Wildman–Crippen LogP) is 6.04. The van der Waals surface area contributed by atoms with E-state index in [1.807, 2.05) is 12.1 Å². The average molecular weight is 405 g/mol. The van der Waals surface area contributed by atoms with Crippen molar-refractivity contribution in [3.8, 4) is 0 Å². The van der Waals surface area contributed by atoms with Gasteiger partial charge in [-0.3, -0.25) is 4.79 Å². The summed E-state index contributed by atoms with van der Waals surface area (Å²) in [6, 6.07) is 8.18. The number of halogens is 1. The summed E-state index contributed by atoms with van der Waals surface area (Å²) in [4.78, 5) is 20.4. The molecule has 0 amide bonds. The number of para-hydroxylation sites is 2. The molecule has 0 aliphatic heterocycles. The molecule has 1 N–H and O–H groups in total. The molecular formula is C26H29FN2O. The molecule has 4 heteroatoms. The molecule has 0 unspecified atom stereocenters. The number of ketones is 1. The Hall–Kier alpha value is -2.23. The van der Waals surface area contributed by atoms with Crippen LogP contribution in [-0.4, -0.2) is 21.9 Å². The average Bonchev–Trinajstić information content (AvgIpc) is 3.29. The number of aromatic nitrogens is 2. The fraction of sp³-hybridized carbons (Fsp3) is 0.538. The molecule has 4 aliphatic carbocycles. The summed E-state index contributed by atoms with van der Waals surface area (Å²) in [5.41, 5.74) is 4.08. The number of nitrogens with zero attached hydrogens (tertiary/aromatic N) is 1. The standard InChI is InChI=1S/C26H29FN2O/c1-25-12-10-18-16(14-21(27)20-13-15(30)9-11-26(18,20)2)17(25)7-8-19(25)24-28-22-5-3-4-6-23(22)29-24/h3-6,8,13,16-18,21H,7,9-12,14H2,1-2H3,(H,28,29)/t16-,17-,18-,21+,25-,26+/m0/s1. The Morgan fingerprint density at radius 2 is 1.97 bits per heavy atom. The highest BCUT2D eigenvalue weighted by atomic mass is 19.1. The lowest BCUT2D eigenvalue weighted by atomic mass is 9.46. The molecule has 156 valence electrons. The topological polar surface area (TPSA) is 45.8 Å². The lowest BCUT2D eigenvalue weighted by Gasteiger charge is -2.58. The lowest BCUT2D eigenvalue weighted by Crippen LogP contribution is -2.52. The van der Waals surface area contributed by atoms with Gasteiger partial charge in [0.05, 0.1) is 11.0 Å². The normalized spacial score (nSPS) is 40.4. The number of allylic oxidation sites excluding steroid dienone is 4. The molecule has 30 heavy (non-hydrogen) atoms. The van der Waals surface area contributed by atoms with Crippen molar-refractivity contribution < 1.29 is 9.18 Å². The third-order valence-electron chi connectivity index (χ3n) is 9.16. The molecule has 2 aromatic rings. The third-order valence-corrected chi connectivity index (χ3v) is 9.16. The van der Waals surface area contributed by atoms with Crippen LogP contribution in [0.2, 0.25) is 0 Å². The number of benzene rings is 1. The third kappa shape index (κ3) is 2.36. The minimum atomic E-state index is -0.974. The molecule has 0 spiro atoms. The second-order valence-electron chi connectivity index (χ2n) is 10.5. The Kier molecular flexibility index (Phi) is 3.80. The molecule has 0 saturated heterocycles. The zero-order valence-electron chi connectivity index (χ0n) is 17.7. The molecule has 1 heterocycles. The van der Waals surface area contributed by atoms with Crippen LogP contribution in [0.5, 0.6) is 0 Å². The number of hydrogen-bond donors (Lipinski definition) is 1. The Morgan fingerprint density at radius 1 is 1.13 bits per heavy atom. The van der Waals surface area contributed by atoms with Gasteiger partial charge < -0.3 is 4.98 Å². The van der Waals surface area contributed by atoms with Gasteiger partial charge in [-0.15, -0.1) is 0 Å². The highest BCUT2D eigenvalue weighted by Crippen LogP contribution is 2.66. The number of nitrogens with one attached hydrogen (secondary N) is 1. The molecule has 6 rings (SSSR count). The molecule has 2 saturated carbocycles. The summed E-state index contributed by atoms with van der Waals surface area (Å²) in [5.74, 6) is 2.40. The van der Waals surface area contributed by atoms with Crippen molar-refractivity contribution in [1.82, 2.24) is 9.97 Å². The SMILES string of the molecule is C[C@]12CCC(=O)C=C1[C@H](F)C[C@@H]1[C@@H]2CC[C@]2(C)C(c3nc4ccccc4[nH]3)=CC[C@@H]12. The lowest BCUT2D eigenvalue weighted by molar-refractivity contribution is -0.117. The minimum Gasteiger partial charge on any atom is -0.338 e. The van der Waals surface area contributed by atoms with E-state index in [9.17, 15) is 4.79 Å². The summed E-state index contributed by atoms with van der Waals surface area (Å²) < 4.78 is 15.4. The van der Waals surface area contributed by atoms with Gasteiger partial charge in [-0.2, -0.15) is 0 Å². The number of hydrogen-bond acceptors (Lipinski definition) is 2. The second kappa shape index (κ2) is 6.15. The van der Waals surface area contributed by atoms with Crippen LogP contribution in [0.4, 0.5) is 4.39 Å². The number of carbonyl (C=O) groups excluding carboxylic acids is 1. The molecule has 0 bridgehead atoms. The van der Waals surface area contributed by atoms with Crippen LogP contribution in [0, 0.1) is 28.6 Å². The Bertz CT molecular complexity index is 1080. The fourth-order valence-corrected chi connectivity index (χ4v) is 7.57. The van der Waals surface area contributed by atoms with Crippen molar-refractivity contribution >= 4 is 22.4 Å². The van der Waals surface area contributed by atoms with E-state index in [2.05, 4.69) is 37.0 Å². The van der Waals surface area contributed by atoms with Crippen LogP contribution >= 0.6 is 0 Å².